The van der Waals surface area contributed by atoms with Crippen LogP contribution >= 0.6 is 11.6 Å². The fourth-order valence-electron chi connectivity index (χ4n) is 2.47. The summed E-state index contributed by atoms with van der Waals surface area (Å²) in [5.74, 6) is -2.12. The molecule has 0 unspecified atom stereocenters. The topological polar surface area (TPSA) is 66.5 Å². The summed E-state index contributed by atoms with van der Waals surface area (Å²) < 4.78 is 13.7. The van der Waals surface area contributed by atoms with Crippen molar-refractivity contribution < 1.29 is 18.8 Å². The molecule has 0 saturated heterocycles. The van der Waals surface area contributed by atoms with E-state index >= 15 is 0 Å². The molecule has 122 valence electrons. The molecule has 0 aromatic heterocycles. The first-order chi connectivity index (χ1) is 11.5. The summed E-state index contributed by atoms with van der Waals surface area (Å²) in [4.78, 5) is 37.3. The van der Waals surface area contributed by atoms with Crippen LogP contribution in [0.15, 0.2) is 42.5 Å². The van der Waals surface area contributed by atoms with Crippen LogP contribution in [0.5, 0.6) is 0 Å². The van der Waals surface area contributed by atoms with Crippen molar-refractivity contribution in [3.05, 3.63) is 64.4 Å². The Bertz CT molecular complexity index is 818. The van der Waals surface area contributed by atoms with E-state index in [1.54, 1.807) is 24.3 Å². The molecule has 0 spiro atoms. The Labute approximate surface area is 142 Å². The van der Waals surface area contributed by atoms with Crippen molar-refractivity contribution in [2.45, 2.75) is 6.42 Å². The highest BCUT2D eigenvalue weighted by Crippen LogP contribution is 2.24. The van der Waals surface area contributed by atoms with Gasteiger partial charge in [-0.1, -0.05) is 29.8 Å². The molecular weight excluding hydrogens is 335 g/mol. The number of carbonyl (C=O) groups excluding carboxylic acids is 3. The van der Waals surface area contributed by atoms with E-state index in [9.17, 15) is 18.8 Å². The normalized spacial score (nSPS) is 13.2. The number of carbonyl (C=O) groups is 3. The van der Waals surface area contributed by atoms with Gasteiger partial charge in [0.25, 0.3) is 11.8 Å². The highest BCUT2D eigenvalue weighted by molar-refractivity contribution is 6.31. The lowest BCUT2D eigenvalue weighted by molar-refractivity contribution is -0.116. The SMILES string of the molecule is O=C(CCN1C(=O)c2ccccc2C1=O)Nc1cccc(Cl)c1F. The first kappa shape index (κ1) is 16.1. The van der Waals surface area contributed by atoms with Crippen LogP contribution in [0.3, 0.4) is 0 Å². The Morgan fingerprint density at radius 2 is 1.67 bits per heavy atom. The quantitative estimate of drug-likeness (QED) is 0.865. The molecule has 3 amide bonds. The monoisotopic (exact) mass is 346 g/mol. The average molecular weight is 347 g/mol. The van der Waals surface area contributed by atoms with Gasteiger partial charge in [0.2, 0.25) is 5.91 Å². The molecule has 24 heavy (non-hydrogen) atoms. The maximum atomic E-state index is 13.7. The van der Waals surface area contributed by atoms with E-state index in [4.69, 9.17) is 11.6 Å². The van der Waals surface area contributed by atoms with E-state index < -0.39 is 23.5 Å². The van der Waals surface area contributed by atoms with Crippen molar-refractivity contribution in [2.75, 3.05) is 11.9 Å². The zero-order chi connectivity index (χ0) is 17.3. The second kappa shape index (κ2) is 6.41. The summed E-state index contributed by atoms with van der Waals surface area (Å²) >= 11 is 5.64. The third-order valence-electron chi connectivity index (χ3n) is 3.67. The lowest BCUT2D eigenvalue weighted by Gasteiger charge is -2.13. The number of hydrogen-bond donors (Lipinski definition) is 1. The number of hydrogen-bond acceptors (Lipinski definition) is 3. The summed E-state index contributed by atoms with van der Waals surface area (Å²) in [7, 11) is 0. The van der Waals surface area contributed by atoms with E-state index in [0.29, 0.717) is 11.1 Å². The van der Waals surface area contributed by atoms with Gasteiger partial charge in [-0.2, -0.15) is 0 Å². The van der Waals surface area contributed by atoms with Gasteiger partial charge in [0, 0.05) is 13.0 Å². The Balaban J connectivity index is 1.64. The number of anilines is 1. The molecule has 0 atom stereocenters. The Hall–Kier alpha value is -2.73. The third-order valence-corrected chi connectivity index (χ3v) is 3.96. The molecule has 2 aromatic rings. The van der Waals surface area contributed by atoms with Crippen molar-refractivity contribution >= 4 is 35.0 Å². The maximum absolute atomic E-state index is 13.7. The lowest BCUT2D eigenvalue weighted by Crippen LogP contribution is -2.32. The number of imide groups is 1. The smallest absolute Gasteiger partial charge is 0.261 e. The molecule has 1 aliphatic rings. The molecule has 0 saturated carbocycles. The summed E-state index contributed by atoms with van der Waals surface area (Å²) in [6.45, 7) is -0.0830. The molecule has 1 aliphatic heterocycles. The first-order valence-electron chi connectivity index (χ1n) is 7.18. The highest BCUT2D eigenvalue weighted by atomic mass is 35.5. The van der Waals surface area contributed by atoms with E-state index in [0.717, 1.165) is 4.90 Å². The third kappa shape index (κ3) is 2.88. The number of nitrogens with one attached hydrogen (secondary N) is 1. The average Bonchev–Trinajstić information content (AvgIpc) is 2.82. The van der Waals surface area contributed by atoms with Crippen LogP contribution in [0, 0.1) is 5.82 Å². The molecule has 3 rings (SSSR count). The number of nitrogens with zero attached hydrogens (tertiary/aromatic N) is 1. The maximum Gasteiger partial charge on any atom is 0.261 e. The molecule has 0 fully saturated rings. The molecule has 1 N–H and O–H groups in total. The molecule has 0 bridgehead atoms. The van der Waals surface area contributed by atoms with Gasteiger partial charge in [-0.05, 0) is 24.3 Å². The Morgan fingerprint density at radius 1 is 1.04 bits per heavy atom. The van der Waals surface area contributed by atoms with Gasteiger partial charge in [-0.25, -0.2) is 4.39 Å². The second-order valence-electron chi connectivity index (χ2n) is 5.21. The summed E-state index contributed by atoms with van der Waals surface area (Å²) in [5.41, 5.74) is 0.599. The van der Waals surface area contributed by atoms with E-state index in [1.807, 2.05) is 0 Å². The van der Waals surface area contributed by atoms with Crippen LogP contribution in [0.4, 0.5) is 10.1 Å². The fraction of sp³-hybridized carbons (Fsp3) is 0.118. The number of fused-ring (bicyclic) bond motifs is 1. The zero-order valence-corrected chi connectivity index (χ0v) is 13.1. The molecule has 0 radical (unpaired) electrons. The van der Waals surface area contributed by atoms with Crippen LogP contribution < -0.4 is 5.32 Å². The van der Waals surface area contributed by atoms with Crippen LogP contribution in [-0.2, 0) is 4.79 Å². The minimum absolute atomic E-state index is 0.0464. The minimum atomic E-state index is -0.728. The van der Waals surface area contributed by atoms with Crippen molar-refractivity contribution in [3.63, 3.8) is 0 Å². The van der Waals surface area contributed by atoms with Crippen molar-refractivity contribution in [1.82, 2.24) is 4.90 Å². The largest absolute Gasteiger partial charge is 0.323 e. The molecule has 0 aliphatic carbocycles. The number of rotatable bonds is 4. The van der Waals surface area contributed by atoms with E-state index in [2.05, 4.69) is 5.32 Å². The minimum Gasteiger partial charge on any atom is -0.323 e. The summed E-state index contributed by atoms with van der Waals surface area (Å²) in [5, 5.41) is 2.27. The van der Waals surface area contributed by atoms with Gasteiger partial charge >= 0.3 is 0 Å². The molecule has 5 nitrogen and oxygen atoms in total. The number of amides is 3. The zero-order valence-electron chi connectivity index (χ0n) is 12.4. The van der Waals surface area contributed by atoms with Gasteiger partial charge in [-0.15, -0.1) is 0 Å². The van der Waals surface area contributed by atoms with Crippen molar-refractivity contribution in [2.24, 2.45) is 0 Å². The standard InChI is InChI=1S/C17H12ClFN2O3/c18-12-6-3-7-13(15(12)19)20-14(22)8-9-21-16(23)10-4-1-2-5-11(10)17(21)24/h1-7H,8-9H2,(H,20,22). The van der Waals surface area contributed by atoms with Gasteiger partial charge in [0.15, 0.2) is 5.82 Å². The van der Waals surface area contributed by atoms with Gasteiger partial charge < -0.3 is 5.32 Å². The first-order valence-corrected chi connectivity index (χ1v) is 7.56. The van der Waals surface area contributed by atoms with Crippen LogP contribution in [0.1, 0.15) is 27.1 Å². The number of halogens is 2. The van der Waals surface area contributed by atoms with E-state index in [1.165, 1.54) is 18.2 Å². The Morgan fingerprint density at radius 3 is 2.29 bits per heavy atom. The second-order valence-corrected chi connectivity index (χ2v) is 5.61. The van der Waals surface area contributed by atoms with Crippen molar-refractivity contribution in [3.8, 4) is 0 Å². The van der Waals surface area contributed by atoms with Crippen LogP contribution in [0.25, 0.3) is 0 Å². The Kier molecular flexibility index (Phi) is 4.31. The molecule has 7 heteroatoms. The molecular formula is C17H12ClFN2O3. The fourth-order valence-corrected chi connectivity index (χ4v) is 2.64. The van der Waals surface area contributed by atoms with Crippen LogP contribution in [-0.4, -0.2) is 29.2 Å². The van der Waals surface area contributed by atoms with E-state index in [-0.39, 0.29) is 23.7 Å². The molecule has 2 aromatic carbocycles. The predicted molar refractivity (Wildman–Crippen MR) is 86.5 cm³/mol. The summed E-state index contributed by atoms with van der Waals surface area (Å²) in [6, 6.07) is 10.7. The van der Waals surface area contributed by atoms with Crippen LogP contribution in [0.2, 0.25) is 5.02 Å². The summed E-state index contributed by atoms with van der Waals surface area (Å²) in [6.07, 6.45) is -0.141. The number of benzene rings is 2. The lowest BCUT2D eigenvalue weighted by atomic mass is 10.1. The molecule has 1 heterocycles. The van der Waals surface area contributed by atoms with Gasteiger partial charge in [0.05, 0.1) is 21.8 Å². The van der Waals surface area contributed by atoms with Gasteiger partial charge in [-0.3, -0.25) is 19.3 Å². The predicted octanol–water partition coefficient (Wildman–Crippen LogP) is 3.10. The highest BCUT2D eigenvalue weighted by Gasteiger charge is 2.34. The van der Waals surface area contributed by atoms with Crippen molar-refractivity contribution in [1.29, 1.82) is 0 Å². The van der Waals surface area contributed by atoms with Gasteiger partial charge in [0.1, 0.15) is 0 Å².